The number of amides is 2. The predicted octanol–water partition coefficient (Wildman–Crippen LogP) is 2.37. The Morgan fingerprint density at radius 1 is 0.889 bits per heavy atom. The van der Waals surface area contributed by atoms with Crippen molar-refractivity contribution in [1.82, 2.24) is 14.8 Å². The van der Waals surface area contributed by atoms with E-state index in [1.165, 1.54) is 0 Å². The van der Waals surface area contributed by atoms with Crippen molar-refractivity contribution in [2.45, 2.75) is 0 Å². The summed E-state index contributed by atoms with van der Waals surface area (Å²) in [5, 5.41) is 0.581. The quantitative estimate of drug-likeness (QED) is 0.733. The van der Waals surface area contributed by atoms with Gasteiger partial charge in [0, 0.05) is 42.3 Å². The summed E-state index contributed by atoms with van der Waals surface area (Å²) < 4.78 is 5.01. The van der Waals surface area contributed by atoms with Crippen LogP contribution in [0.1, 0.15) is 20.7 Å². The first-order valence-corrected chi connectivity index (χ1v) is 8.86. The second-order valence-electron chi connectivity index (χ2n) is 6.32. The number of fused-ring (bicyclic) bond motifs is 1. The van der Waals surface area contributed by atoms with E-state index in [0.29, 0.717) is 53.4 Å². The van der Waals surface area contributed by atoms with Crippen molar-refractivity contribution in [2.24, 2.45) is 0 Å². The molecule has 0 atom stereocenters. The number of carbonyl (C=O) groups excluding carboxylic acids is 2. The molecular weight excluding hydrogens is 370 g/mol. The van der Waals surface area contributed by atoms with Crippen molar-refractivity contribution < 1.29 is 14.0 Å². The molecule has 1 aliphatic heterocycles. The zero-order valence-electron chi connectivity index (χ0n) is 14.3. The number of halogens is 1. The first-order chi connectivity index (χ1) is 13.0. The fourth-order valence-corrected chi connectivity index (χ4v) is 3.27. The van der Waals surface area contributed by atoms with E-state index in [-0.39, 0.29) is 11.8 Å². The number of aromatic nitrogens is 1. The van der Waals surface area contributed by atoms with Crippen molar-refractivity contribution in [2.75, 3.05) is 26.2 Å². The van der Waals surface area contributed by atoms with Crippen molar-refractivity contribution in [3.8, 4) is 0 Å². The lowest BCUT2D eigenvalue weighted by Crippen LogP contribution is -2.50. The fourth-order valence-electron chi connectivity index (χ4n) is 3.15. The van der Waals surface area contributed by atoms with Crippen LogP contribution in [0.15, 0.2) is 51.7 Å². The van der Waals surface area contributed by atoms with Crippen molar-refractivity contribution in [3.05, 3.63) is 69.2 Å². The second kappa shape index (κ2) is 6.92. The van der Waals surface area contributed by atoms with Crippen LogP contribution in [0.25, 0.3) is 11.1 Å². The van der Waals surface area contributed by atoms with Crippen LogP contribution in [-0.2, 0) is 0 Å². The molecule has 0 spiro atoms. The highest BCUT2D eigenvalue weighted by Crippen LogP contribution is 2.17. The van der Waals surface area contributed by atoms with E-state index in [1.54, 1.807) is 52.3 Å². The Morgan fingerprint density at radius 2 is 1.44 bits per heavy atom. The monoisotopic (exact) mass is 385 g/mol. The summed E-state index contributed by atoms with van der Waals surface area (Å²) in [6.07, 6.45) is 0. The van der Waals surface area contributed by atoms with Crippen molar-refractivity contribution >= 4 is 34.5 Å². The van der Waals surface area contributed by atoms with Gasteiger partial charge in [0.25, 0.3) is 11.8 Å². The van der Waals surface area contributed by atoms with Gasteiger partial charge in [-0.3, -0.25) is 14.6 Å². The lowest BCUT2D eigenvalue weighted by Gasteiger charge is -2.34. The molecule has 27 heavy (non-hydrogen) atoms. The molecule has 2 amide bonds. The van der Waals surface area contributed by atoms with E-state index in [4.69, 9.17) is 16.0 Å². The lowest BCUT2D eigenvalue weighted by atomic mass is 10.1. The van der Waals surface area contributed by atoms with E-state index in [0.717, 1.165) is 0 Å². The molecule has 0 unspecified atom stereocenters. The highest BCUT2D eigenvalue weighted by molar-refractivity contribution is 6.30. The number of nitrogens with zero attached hydrogens (tertiary/aromatic N) is 2. The lowest BCUT2D eigenvalue weighted by molar-refractivity contribution is 0.0535. The minimum Gasteiger partial charge on any atom is -0.408 e. The largest absolute Gasteiger partial charge is 0.417 e. The minimum absolute atomic E-state index is 0.0747. The predicted molar refractivity (Wildman–Crippen MR) is 100 cm³/mol. The van der Waals surface area contributed by atoms with Crippen molar-refractivity contribution in [3.63, 3.8) is 0 Å². The third kappa shape index (κ3) is 3.46. The number of aromatic amines is 1. The molecular formula is C19H16ClN3O4. The van der Waals surface area contributed by atoms with E-state index < -0.39 is 5.76 Å². The number of carbonyl (C=O) groups is 2. The molecule has 138 valence electrons. The van der Waals surface area contributed by atoms with Crippen LogP contribution < -0.4 is 5.76 Å². The van der Waals surface area contributed by atoms with Gasteiger partial charge in [0.15, 0.2) is 5.58 Å². The van der Waals surface area contributed by atoms with Gasteiger partial charge in [-0.25, -0.2) is 4.79 Å². The average Bonchev–Trinajstić information content (AvgIpc) is 3.07. The smallest absolute Gasteiger partial charge is 0.408 e. The van der Waals surface area contributed by atoms with Crippen LogP contribution in [0.2, 0.25) is 5.02 Å². The number of benzene rings is 2. The molecule has 3 aromatic rings. The molecule has 7 nitrogen and oxygen atoms in total. The Bertz CT molecular complexity index is 1060. The molecule has 1 N–H and O–H groups in total. The number of hydrogen-bond acceptors (Lipinski definition) is 4. The second-order valence-corrected chi connectivity index (χ2v) is 6.75. The Balaban J connectivity index is 1.43. The Morgan fingerprint density at radius 3 is 2.07 bits per heavy atom. The van der Waals surface area contributed by atoms with E-state index >= 15 is 0 Å². The van der Waals surface area contributed by atoms with Gasteiger partial charge in [-0.15, -0.1) is 0 Å². The highest BCUT2D eigenvalue weighted by Gasteiger charge is 2.25. The van der Waals surface area contributed by atoms with Gasteiger partial charge in [0.2, 0.25) is 0 Å². The number of oxazole rings is 1. The molecule has 0 bridgehead atoms. The summed E-state index contributed by atoms with van der Waals surface area (Å²) in [5.41, 5.74) is 1.92. The maximum absolute atomic E-state index is 12.7. The van der Waals surface area contributed by atoms with Crippen LogP contribution in [0.5, 0.6) is 0 Å². The zero-order valence-corrected chi connectivity index (χ0v) is 15.0. The summed E-state index contributed by atoms with van der Waals surface area (Å²) in [5.74, 6) is -0.780. The highest BCUT2D eigenvalue weighted by atomic mass is 35.5. The van der Waals surface area contributed by atoms with Crippen LogP contribution in [0, 0.1) is 0 Å². The standard InChI is InChI=1S/C19H16ClN3O4/c20-14-4-1-12(2-5-14)17(24)22-7-9-23(10-8-22)18(25)13-3-6-15-16(11-13)27-19(26)21-15/h1-6,11H,7-10H2,(H,21,26). The van der Waals surface area contributed by atoms with Crippen LogP contribution in [-0.4, -0.2) is 52.8 Å². The van der Waals surface area contributed by atoms with Gasteiger partial charge in [-0.1, -0.05) is 11.6 Å². The molecule has 0 radical (unpaired) electrons. The third-order valence-corrected chi connectivity index (χ3v) is 4.87. The maximum Gasteiger partial charge on any atom is 0.417 e. The molecule has 1 aliphatic rings. The summed E-state index contributed by atoms with van der Waals surface area (Å²) in [4.78, 5) is 42.5. The van der Waals surface area contributed by atoms with Gasteiger partial charge in [-0.05, 0) is 42.5 Å². The van der Waals surface area contributed by atoms with Crippen LogP contribution >= 0.6 is 11.6 Å². The number of H-pyrrole nitrogens is 1. The number of nitrogens with one attached hydrogen (secondary N) is 1. The van der Waals surface area contributed by atoms with Gasteiger partial charge < -0.3 is 14.2 Å². The number of rotatable bonds is 2. The zero-order chi connectivity index (χ0) is 19.0. The van der Waals surface area contributed by atoms with Gasteiger partial charge >= 0.3 is 5.76 Å². The summed E-state index contributed by atoms with van der Waals surface area (Å²) >= 11 is 5.86. The van der Waals surface area contributed by atoms with E-state index in [2.05, 4.69) is 4.98 Å². The summed E-state index contributed by atoms with van der Waals surface area (Å²) in [6.45, 7) is 1.78. The summed E-state index contributed by atoms with van der Waals surface area (Å²) in [6, 6.07) is 11.6. The minimum atomic E-state index is -0.552. The van der Waals surface area contributed by atoms with E-state index in [9.17, 15) is 14.4 Å². The molecule has 1 aromatic heterocycles. The van der Waals surface area contributed by atoms with Gasteiger partial charge in [-0.2, -0.15) is 0 Å². The van der Waals surface area contributed by atoms with Crippen molar-refractivity contribution in [1.29, 1.82) is 0 Å². The molecule has 1 saturated heterocycles. The average molecular weight is 386 g/mol. The molecule has 0 saturated carbocycles. The molecule has 8 heteroatoms. The number of piperazine rings is 1. The van der Waals surface area contributed by atoms with Crippen LogP contribution in [0.4, 0.5) is 0 Å². The SMILES string of the molecule is O=C(c1ccc(Cl)cc1)N1CCN(C(=O)c2ccc3[nH]c(=O)oc3c2)CC1. The summed E-state index contributed by atoms with van der Waals surface area (Å²) in [7, 11) is 0. The van der Waals surface area contributed by atoms with Gasteiger partial charge in [0.05, 0.1) is 5.52 Å². The molecule has 4 rings (SSSR count). The Hall–Kier alpha value is -3.06. The fraction of sp³-hybridized carbons (Fsp3) is 0.211. The molecule has 1 fully saturated rings. The Labute approximate surface area is 159 Å². The van der Waals surface area contributed by atoms with Gasteiger partial charge in [0.1, 0.15) is 0 Å². The third-order valence-electron chi connectivity index (χ3n) is 4.61. The van der Waals surface area contributed by atoms with E-state index in [1.807, 2.05) is 0 Å². The first kappa shape index (κ1) is 17.4. The number of hydrogen-bond donors (Lipinski definition) is 1. The first-order valence-electron chi connectivity index (χ1n) is 8.48. The molecule has 0 aliphatic carbocycles. The topological polar surface area (TPSA) is 86.6 Å². The van der Waals surface area contributed by atoms with Crippen LogP contribution in [0.3, 0.4) is 0 Å². The maximum atomic E-state index is 12.7. The Kier molecular flexibility index (Phi) is 4.45. The molecule has 2 aromatic carbocycles. The normalized spacial score (nSPS) is 14.6. The molecule has 2 heterocycles.